The lowest BCUT2D eigenvalue weighted by atomic mass is 10.1. The normalized spacial score (nSPS) is 10.3. The van der Waals surface area contributed by atoms with E-state index < -0.39 is 0 Å². The van der Waals surface area contributed by atoms with Crippen LogP contribution in [-0.2, 0) is 6.42 Å². The van der Waals surface area contributed by atoms with E-state index in [-0.39, 0.29) is 0 Å². The summed E-state index contributed by atoms with van der Waals surface area (Å²) >= 11 is 1.65. The van der Waals surface area contributed by atoms with Gasteiger partial charge in [-0.3, -0.25) is 5.10 Å². The Kier molecular flexibility index (Phi) is 4.76. The van der Waals surface area contributed by atoms with Crippen LogP contribution < -0.4 is 10.6 Å². The van der Waals surface area contributed by atoms with Gasteiger partial charge in [0.05, 0.1) is 23.1 Å². The molecule has 0 unspecified atom stereocenters. The van der Waals surface area contributed by atoms with Crippen molar-refractivity contribution in [3.63, 3.8) is 0 Å². The molecule has 0 saturated heterocycles. The monoisotopic (exact) mass is 373 g/mol. The Hall–Kier alpha value is -3.70. The smallest absolute Gasteiger partial charge is 0.229 e. The van der Waals surface area contributed by atoms with Crippen LogP contribution in [0.3, 0.4) is 0 Å². The summed E-state index contributed by atoms with van der Waals surface area (Å²) in [5.74, 6) is 1.80. The fourth-order valence-corrected chi connectivity index (χ4v) is 3.18. The summed E-state index contributed by atoms with van der Waals surface area (Å²) < 4.78 is 0. The maximum absolute atomic E-state index is 8.73. The molecule has 132 valence electrons. The van der Waals surface area contributed by atoms with E-state index >= 15 is 0 Å². The average molecular weight is 373 g/mol. The van der Waals surface area contributed by atoms with Gasteiger partial charge in [0, 0.05) is 18.0 Å². The fourth-order valence-electron chi connectivity index (χ4n) is 2.49. The predicted octanol–water partition coefficient (Wildman–Crippen LogP) is 4.48. The van der Waals surface area contributed by atoms with Crippen LogP contribution >= 0.6 is 11.3 Å². The molecule has 27 heavy (non-hydrogen) atoms. The third-order valence-electron chi connectivity index (χ3n) is 3.77. The van der Waals surface area contributed by atoms with Crippen LogP contribution in [0.5, 0.6) is 0 Å². The van der Waals surface area contributed by atoms with E-state index in [1.165, 1.54) is 0 Å². The number of benzene rings is 1. The molecule has 0 spiro atoms. The van der Waals surface area contributed by atoms with Crippen molar-refractivity contribution in [3.05, 3.63) is 65.7 Å². The number of aromatic nitrogens is 4. The van der Waals surface area contributed by atoms with Crippen molar-refractivity contribution in [1.82, 2.24) is 20.2 Å². The molecule has 7 nitrogen and oxygen atoms in total. The van der Waals surface area contributed by atoms with Gasteiger partial charge in [-0.15, -0.1) is 11.3 Å². The second kappa shape index (κ2) is 7.68. The Balaban J connectivity index is 1.45. The first-order valence-electron chi connectivity index (χ1n) is 8.22. The van der Waals surface area contributed by atoms with Crippen molar-refractivity contribution in [2.24, 2.45) is 0 Å². The van der Waals surface area contributed by atoms with Crippen LogP contribution in [0.1, 0.15) is 5.56 Å². The Morgan fingerprint density at radius 3 is 2.74 bits per heavy atom. The Bertz CT molecular complexity index is 1060. The molecule has 0 amide bonds. The molecule has 4 rings (SSSR count). The molecule has 0 bridgehead atoms. The molecule has 1 aromatic carbocycles. The Morgan fingerprint density at radius 1 is 1.07 bits per heavy atom. The quantitative estimate of drug-likeness (QED) is 0.460. The maximum Gasteiger partial charge on any atom is 0.229 e. The van der Waals surface area contributed by atoms with Crippen LogP contribution in [0.2, 0.25) is 0 Å². The summed E-state index contributed by atoms with van der Waals surface area (Å²) in [6.07, 6.45) is 2.07. The molecular weight excluding hydrogens is 358 g/mol. The van der Waals surface area contributed by atoms with E-state index in [0.29, 0.717) is 24.0 Å². The molecule has 0 aliphatic carbocycles. The van der Waals surface area contributed by atoms with E-state index in [0.717, 1.165) is 21.8 Å². The second-order valence-electron chi connectivity index (χ2n) is 5.69. The summed E-state index contributed by atoms with van der Waals surface area (Å²) in [5.41, 5.74) is 2.78. The van der Waals surface area contributed by atoms with Crippen molar-refractivity contribution >= 4 is 34.6 Å². The minimum absolute atomic E-state index is 0.396. The molecular formula is C19H15N7S. The van der Waals surface area contributed by atoms with E-state index in [9.17, 15) is 0 Å². The van der Waals surface area contributed by atoms with E-state index in [1.54, 1.807) is 23.6 Å². The third kappa shape index (κ3) is 4.11. The Morgan fingerprint density at radius 2 is 1.96 bits per heavy atom. The number of hydrogen-bond acceptors (Lipinski definition) is 7. The number of H-pyrrole nitrogens is 1. The molecule has 0 radical (unpaired) electrons. The minimum Gasteiger partial charge on any atom is -0.324 e. The van der Waals surface area contributed by atoms with Gasteiger partial charge in [-0.05, 0) is 35.2 Å². The molecule has 0 aliphatic rings. The zero-order valence-corrected chi connectivity index (χ0v) is 15.0. The van der Waals surface area contributed by atoms with E-state index in [2.05, 4.69) is 36.9 Å². The van der Waals surface area contributed by atoms with Gasteiger partial charge in [-0.2, -0.15) is 15.3 Å². The van der Waals surface area contributed by atoms with Crippen molar-refractivity contribution in [1.29, 1.82) is 5.26 Å². The lowest BCUT2D eigenvalue weighted by Gasteiger charge is -2.07. The zero-order valence-electron chi connectivity index (χ0n) is 14.2. The van der Waals surface area contributed by atoms with Gasteiger partial charge >= 0.3 is 0 Å². The number of thiophene rings is 1. The molecule has 4 aromatic rings. The van der Waals surface area contributed by atoms with Crippen molar-refractivity contribution in [2.45, 2.75) is 6.42 Å². The highest BCUT2D eigenvalue weighted by molar-refractivity contribution is 7.13. The van der Waals surface area contributed by atoms with Gasteiger partial charge in [0.15, 0.2) is 5.82 Å². The zero-order chi connectivity index (χ0) is 18.5. The summed E-state index contributed by atoms with van der Waals surface area (Å²) in [6, 6.07) is 17.5. The highest BCUT2D eigenvalue weighted by Crippen LogP contribution is 2.25. The molecule has 3 aromatic heterocycles. The highest BCUT2D eigenvalue weighted by Gasteiger charge is 2.06. The summed E-state index contributed by atoms with van der Waals surface area (Å²) in [4.78, 5) is 9.82. The van der Waals surface area contributed by atoms with E-state index in [4.69, 9.17) is 5.26 Å². The lowest BCUT2D eigenvalue weighted by Crippen LogP contribution is -2.00. The summed E-state index contributed by atoms with van der Waals surface area (Å²) in [5, 5.41) is 24.4. The number of aromatic amines is 1. The van der Waals surface area contributed by atoms with Gasteiger partial charge in [-0.1, -0.05) is 18.2 Å². The summed E-state index contributed by atoms with van der Waals surface area (Å²) in [6.45, 7) is 0. The first kappa shape index (κ1) is 16.8. The van der Waals surface area contributed by atoms with Gasteiger partial charge in [-0.25, -0.2) is 4.98 Å². The average Bonchev–Trinajstić information content (AvgIpc) is 3.36. The van der Waals surface area contributed by atoms with Gasteiger partial charge < -0.3 is 10.6 Å². The van der Waals surface area contributed by atoms with Gasteiger partial charge in [0.25, 0.3) is 0 Å². The molecule has 3 heterocycles. The van der Waals surface area contributed by atoms with Crippen LogP contribution in [0, 0.1) is 11.3 Å². The molecule has 0 saturated carbocycles. The number of hydrogen-bond donors (Lipinski definition) is 3. The molecule has 0 atom stereocenters. The standard InChI is InChI=1S/C19H15N7S/c20-9-7-13-3-5-14(6-4-13)22-19-21-10-8-17(24-19)23-18-12-15(25-26-18)16-2-1-11-27-16/h1-6,8,10-12H,7H2,(H3,21,22,23,24,25,26). The first-order valence-corrected chi connectivity index (χ1v) is 9.10. The molecule has 3 N–H and O–H groups in total. The van der Waals surface area contributed by atoms with Gasteiger partial charge in [0.1, 0.15) is 5.82 Å². The number of anilines is 4. The lowest BCUT2D eigenvalue weighted by molar-refractivity contribution is 1.09. The largest absolute Gasteiger partial charge is 0.324 e. The predicted molar refractivity (Wildman–Crippen MR) is 106 cm³/mol. The van der Waals surface area contributed by atoms with Crippen LogP contribution in [0.4, 0.5) is 23.3 Å². The minimum atomic E-state index is 0.396. The van der Waals surface area contributed by atoms with Crippen LogP contribution in [-0.4, -0.2) is 20.2 Å². The van der Waals surface area contributed by atoms with Gasteiger partial charge in [0.2, 0.25) is 5.95 Å². The Labute approximate surface area is 159 Å². The molecule has 0 fully saturated rings. The number of nitriles is 1. The van der Waals surface area contributed by atoms with Crippen LogP contribution in [0.15, 0.2) is 60.1 Å². The number of nitrogens with zero attached hydrogens (tertiary/aromatic N) is 4. The van der Waals surface area contributed by atoms with E-state index in [1.807, 2.05) is 47.8 Å². The summed E-state index contributed by atoms with van der Waals surface area (Å²) in [7, 11) is 0. The third-order valence-corrected chi connectivity index (χ3v) is 4.67. The molecule has 0 aliphatic heterocycles. The van der Waals surface area contributed by atoms with Crippen molar-refractivity contribution < 1.29 is 0 Å². The fraction of sp³-hybridized carbons (Fsp3) is 0.0526. The SMILES string of the molecule is N#CCc1ccc(Nc2nccc(Nc3cc(-c4cccs4)[nH]n3)n2)cc1. The number of nitrogens with one attached hydrogen (secondary N) is 3. The number of rotatable bonds is 6. The topological polar surface area (TPSA) is 102 Å². The second-order valence-corrected chi connectivity index (χ2v) is 6.64. The molecule has 8 heteroatoms. The van der Waals surface area contributed by atoms with Crippen LogP contribution in [0.25, 0.3) is 10.6 Å². The van der Waals surface area contributed by atoms with Crippen molar-refractivity contribution in [3.8, 4) is 16.6 Å². The highest BCUT2D eigenvalue weighted by atomic mass is 32.1. The van der Waals surface area contributed by atoms with Crippen molar-refractivity contribution in [2.75, 3.05) is 10.6 Å². The first-order chi connectivity index (χ1) is 13.3. The maximum atomic E-state index is 8.73.